The van der Waals surface area contributed by atoms with E-state index in [-0.39, 0.29) is 23.6 Å². The van der Waals surface area contributed by atoms with Gasteiger partial charge in [-0.05, 0) is 12.1 Å². The lowest BCUT2D eigenvalue weighted by atomic mass is 10.1. The van der Waals surface area contributed by atoms with Crippen molar-refractivity contribution in [2.45, 2.75) is 19.9 Å². The molecule has 1 aliphatic rings. The molecule has 1 aromatic carbocycles. The van der Waals surface area contributed by atoms with Crippen LogP contribution in [0, 0.1) is 5.82 Å². The number of para-hydroxylation sites is 1. The first-order valence-corrected chi connectivity index (χ1v) is 6.08. The molecule has 2 aromatic rings. The number of carbonyl (C=O) groups excluding carboxylic acids is 2. The van der Waals surface area contributed by atoms with E-state index in [0.717, 1.165) is 4.90 Å². The summed E-state index contributed by atoms with van der Waals surface area (Å²) in [5.74, 6) is -1.47. The second-order valence-corrected chi connectivity index (χ2v) is 4.31. The Kier molecular flexibility index (Phi) is 2.81. The number of hydrogen-bond donors (Lipinski definition) is 0. The molecular weight excluding hydrogens is 265 g/mol. The average Bonchev–Trinajstić information content (AvgIpc) is 2.99. The summed E-state index contributed by atoms with van der Waals surface area (Å²) in [6.45, 7) is 1.75. The highest BCUT2D eigenvalue weighted by atomic mass is 19.1. The van der Waals surface area contributed by atoms with Crippen LogP contribution < -0.4 is 4.90 Å². The first kappa shape index (κ1) is 12.5. The van der Waals surface area contributed by atoms with E-state index in [9.17, 15) is 14.0 Å². The minimum atomic E-state index is -0.784. The van der Waals surface area contributed by atoms with Crippen LogP contribution in [0.2, 0.25) is 0 Å². The Bertz CT molecular complexity index is 711. The predicted molar refractivity (Wildman–Crippen MR) is 65.6 cm³/mol. The molecule has 0 saturated heterocycles. The second kappa shape index (κ2) is 4.52. The molecule has 7 heteroatoms. The molecule has 102 valence electrons. The Morgan fingerprint density at radius 2 is 2.15 bits per heavy atom. The molecule has 0 N–H and O–H groups in total. The summed E-state index contributed by atoms with van der Waals surface area (Å²) >= 11 is 0. The van der Waals surface area contributed by atoms with Gasteiger partial charge in [-0.2, -0.15) is 4.98 Å². The smallest absolute Gasteiger partial charge is 0.299 e. The van der Waals surface area contributed by atoms with E-state index in [2.05, 4.69) is 10.1 Å². The second-order valence-electron chi connectivity index (χ2n) is 4.31. The summed E-state index contributed by atoms with van der Waals surface area (Å²) in [6.07, 6.45) is 0.560. The number of Topliss-reactive ketones (excluding diaryl/α,β-unsaturated/α-hetero) is 1. The highest BCUT2D eigenvalue weighted by molar-refractivity contribution is 6.52. The van der Waals surface area contributed by atoms with E-state index in [1.54, 1.807) is 0 Å². The summed E-state index contributed by atoms with van der Waals surface area (Å²) in [7, 11) is 0. The lowest BCUT2D eigenvalue weighted by Gasteiger charge is -2.14. The summed E-state index contributed by atoms with van der Waals surface area (Å²) in [6, 6.07) is 4.02. The van der Waals surface area contributed by atoms with Crippen LogP contribution in [0.1, 0.15) is 29.0 Å². The maximum absolute atomic E-state index is 13.9. The number of hydrogen-bond acceptors (Lipinski definition) is 5. The number of aryl methyl sites for hydroxylation is 1. The van der Waals surface area contributed by atoms with Gasteiger partial charge in [0.25, 0.3) is 11.7 Å². The number of benzene rings is 1. The maximum atomic E-state index is 13.9. The molecule has 0 radical (unpaired) electrons. The summed E-state index contributed by atoms with van der Waals surface area (Å²) in [4.78, 5) is 28.8. The fourth-order valence-corrected chi connectivity index (χ4v) is 2.10. The van der Waals surface area contributed by atoms with Crippen molar-refractivity contribution in [1.29, 1.82) is 0 Å². The molecule has 6 nitrogen and oxygen atoms in total. The molecule has 0 unspecified atom stereocenters. The number of rotatable bonds is 3. The third-order valence-electron chi connectivity index (χ3n) is 3.05. The Morgan fingerprint density at radius 3 is 2.85 bits per heavy atom. The fraction of sp³-hybridized carbons (Fsp3) is 0.231. The highest BCUT2D eigenvalue weighted by Gasteiger charge is 2.38. The number of nitrogens with zero attached hydrogens (tertiary/aromatic N) is 3. The van der Waals surface area contributed by atoms with Gasteiger partial charge < -0.3 is 4.52 Å². The molecule has 0 bridgehead atoms. The zero-order chi connectivity index (χ0) is 14.3. The molecule has 0 fully saturated rings. The number of amides is 1. The van der Waals surface area contributed by atoms with Crippen LogP contribution in [0.3, 0.4) is 0 Å². The van der Waals surface area contributed by atoms with Gasteiger partial charge in [-0.1, -0.05) is 18.1 Å². The quantitative estimate of drug-likeness (QED) is 0.793. The standard InChI is InChI=1S/C13H10FN3O3/c1-2-10-15-9(16-20-10)6-17-11-7(12(18)13(17)19)4-3-5-8(11)14/h3-5H,2,6H2,1H3. The molecule has 0 aliphatic carbocycles. The van der Waals surface area contributed by atoms with Gasteiger partial charge in [0.05, 0.1) is 17.8 Å². The highest BCUT2D eigenvalue weighted by Crippen LogP contribution is 2.32. The summed E-state index contributed by atoms with van der Waals surface area (Å²) in [5.41, 5.74) is 0.0413. The molecule has 1 amide bonds. The van der Waals surface area contributed by atoms with Crippen molar-refractivity contribution in [3.63, 3.8) is 0 Å². The van der Waals surface area contributed by atoms with Gasteiger partial charge in [-0.15, -0.1) is 0 Å². The summed E-state index contributed by atoms with van der Waals surface area (Å²) in [5, 5.41) is 3.70. The van der Waals surface area contributed by atoms with Gasteiger partial charge >= 0.3 is 0 Å². The van der Waals surface area contributed by atoms with Crippen molar-refractivity contribution >= 4 is 17.4 Å². The van der Waals surface area contributed by atoms with E-state index >= 15 is 0 Å². The number of aromatic nitrogens is 2. The van der Waals surface area contributed by atoms with E-state index in [0.29, 0.717) is 12.3 Å². The SMILES string of the molecule is CCc1nc(CN2C(=O)C(=O)c3cccc(F)c32)no1. The predicted octanol–water partition coefficient (Wildman–Crippen LogP) is 1.50. The lowest BCUT2D eigenvalue weighted by Crippen LogP contribution is -2.30. The third kappa shape index (κ3) is 1.78. The van der Waals surface area contributed by atoms with Crippen molar-refractivity contribution in [2.24, 2.45) is 0 Å². The number of carbonyl (C=O) groups is 2. The Morgan fingerprint density at radius 1 is 1.35 bits per heavy atom. The molecule has 2 heterocycles. The zero-order valence-corrected chi connectivity index (χ0v) is 10.6. The molecule has 0 spiro atoms. The summed E-state index contributed by atoms with van der Waals surface area (Å²) < 4.78 is 18.8. The normalized spacial score (nSPS) is 14.0. The number of fused-ring (bicyclic) bond motifs is 1. The molecule has 1 aromatic heterocycles. The first-order chi connectivity index (χ1) is 9.61. The molecule has 20 heavy (non-hydrogen) atoms. The van der Waals surface area contributed by atoms with Crippen molar-refractivity contribution in [3.05, 3.63) is 41.3 Å². The fourth-order valence-electron chi connectivity index (χ4n) is 2.10. The zero-order valence-electron chi connectivity index (χ0n) is 10.6. The lowest BCUT2D eigenvalue weighted by molar-refractivity contribution is -0.114. The van der Waals surface area contributed by atoms with E-state index in [1.807, 2.05) is 6.92 Å². The van der Waals surface area contributed by atoms with Crippen molar-refractivity contribution in [2.75, 3.05) is 4.90 Å². The monoisotopic (exact) mass is 275 g/mol. The van der Waals surface area contributed by atoms with E-state index in [4.69, 9.17) is 4.52 Å². The molecule has 0 atom stereocenters. The van der Waals surface area contributed by atoms with Gasteiger partial charge in [0, 0.05) is 6.42 Å². The van der Waals surface area contributed by atoms with Gasteiger partial charge in [-0.3, -0.25) is 14.5 Å². The van der Waals surface area contributed by atoms with Crippen LogP contribution in [-0.4, -0.2) is 21.8 Å². The molecule has 1 aliphatic heterocycles. The molecular formula is C13H10FN3O3. The average molecular weight is 275 g/mol. The van der Waals surface area contributed by atoms with Crippen LogP contribution in [0.5, 0.6) is 0 Å². The number of ketones is 1. The largest absolute Gasteiger partial charge is 0.339 e. The number of anilines is 1. The third-order valence-corrected chi connectivity index (χ3v) is 3.05. The van der Waals surface area contributed by atoms with Crippen molar-refractivity contribution in [3.8, 4) is 0 Å². The Hall–Kier alpha value is -2.57. The van der Waals surface area contributed by atoms with Gasteiger partial charge in [-0.25, -0.2) is 4.39 Å². The van der Waals surface area contributed by atoms with Crippen LogP contribution in [0.25, 0.3) is 0 Å². The van der Waals surface area contributed by atoms with E-state index < -0.39 is 17.5 Å². The van der Waals surface area contributed by atoms with Gasteiger partial charge in [0.15, 0.2) is 5.82 Å². The van der Waals surface area contributed by atoms with Crippen LogP contribution in [0.15, 0.2) is 22.7 Å². The van der Waals surface area contributed by atoms with Crippen molar-refractivity contribution in [1.82, 2.24) is 10.1 Å². The van der Waals surface area contributed by atoms with Crippen LogP contribution >= 0.6 is 0 Å². The van der Waals surface area contributed by atoms with Gasteiger partial charge in [0.1, 0.15) is 5.82 Å². The molecule has 3 rings (SSSR count). The topological polar surface area (TPSA) is 76.3 Å². The van der Waals surface area contributed by atoms with Crippen LogP contribution in [0.4, 0.5) is 10.1 Å². The number of halogens is 1. The van der Waals surface area contributed by atoms with Crippen LogP contribution in [-0.2, 0) is 17.8 Å². The first-order valence-electron chi connectivity index (χ1n) is 6.08. The van der Waals surface area contributed by atoms with Gasteiger partial charge in [0.2, 0.25) is 5.89 Å². The van der Waals surface area contributed by atoms with E-state index in [1.165, 1.54) is 18.2 Å². The minimum Gasteiger partial charge on any atom is -0.339 e. The van der Waals surface area contributed by atoms with Crippen molar-refractivity contribution < 1.29 is 18.5 Å². The maximum Gasteiger partial charge on any atom is 0.299 e. The Balaban J connectivity index is 1.98. The minimum absolute atomic E-state index is 0.0228. The molecule has 0 saturated carbocycles. The Labute approximate surface area is 113 Å².